The van der Waals surface area contributed by atoms with Crippen LogP contribution >= 0.6 is 0 Å². The molecule has 2 aromatic carbocycles. The minimum absolute atomic E-state index is 0.0542. The first-order valence-electron chi connectivity index (χ1n) is 8.18. The molecule has 1 amide bonds. The van der Waals surface area contributed by atoms with Gasteiger partial charge in [0.25, 0.3) is 5.91 Å². The van der Waals surface area contributed by atoms with Gasteiger partial charge in [0.1, 0.15) is 11.6 Å². The smallest absolute Gasteiger partial charge is 0.263 e. The maximum Gasteiger partial charge on any atom is 0.263 e. The van der Waals surface area contributed by atoms with Gasteiger partial charge < -0.3 is 10.1 Å². The Kier molecular flexibility index (Phi) is 5.42. The molecule has 1 aromatic heterocycles. The molecule has 4 nitrogen and oxygen atoms in total. The van der Waals surface area contributed by atoms with Gasteiger partial charge in [-0.2, -0.15) is 0 Å². The summed E-state index contributed by atoms with van der Waals surface area (Å²) in [5.41, 5.74) is 3.30. The Labute approximate surface area is 147 Å². The number of rotatable bonds is 6. The summed E-state index contributed by atoms with van der Waals surface area (Å²) in [7, 11) is 0. The maximum absolute atomic E-state index is 12.1. The van der Waals surface area contributed by atoms with E-state index in [9.17, 15) is 4.79 Å². The number of aryl methyl sites for hydroxylation is 1. The lowest BCUT2D eigenvalue weighted by Crippen LogP contribution is -2.21. The Hall–Kier alpha value is -3.14. The summed E-state index contributed by atoms with van der Waals surface area (Å²) in [5.74, 6) is 1.01. The lowest BCUT2D eigenvalue weighted by Gasteiger charge is -2.11. The molecule has 126 valence electrons. The highest BCUT2D eigenvalue weighted by Crippen LogP contribution is 2.21. The number of amides is 1. The molecular weight excluding hydrogens is 312 g/mol. The van der Waals surface area contributed by atoms with Gasteiger partial charge in [0.2, 0.25) is 0 Å². The van der Waals surface area contributed by atoms with E-state index in [0.717, 1.165) is 23.3 Å². The minimum atomic E-state index is -0.231. The third kappa shape index (κ3) is 4.91. The Balaban J connectivity index is 1.61. The van der Waals surface area contributed by atoms with E-state index in [2.05, 4.69) is 22.4 Å². The monoisotopic (exact) mass is 332 g/mol. The fourth-order valence-electron chi connectivity index (χ4n) is 2.47. The Morgan fingerprint density at radius 2 is 1.76 bits per heavy atom. The highest BCUT2D eigenvalue weighted by Gasteiger charge is 2.08. The van der Waals surface area contributed by atoms with Gasteiger partial charge in [0, 0.05) is 12.6 Å². The van der Waals surface area contributed by atoms with Crippen molar-refractivity contribution in [3.63, 3.8) is 0 Å². The first-order chi connectivity index (χ1) is 12.2. The minimum Gasteiger partial charge on any atom is -0.483 e. The molecule has 0 radical (unpaired) electrons. The Morgan fingerprint density at radius 3 is 2.52 bits per heavy atom. The average molecular weight is 332 g/mol. The highest BCUT2D eigenvalue weighted by molar-refractivity contribution is 5.90. The molecule has 4 heteroatoms. The molecule has 0 atom stereocenters. The Bertz CT molecular complexity index is 830. The summed E-state index contributed by atoms with van der Waals surface area (Å²) >= 11 is 0. The van der Waals surface area contributed by atoms with E-state index < -0.39 is 0 Å². The molecule has 0 saturated carbocycles. The van der Waals surface area contributed by atoms with Crippen LogP contribution in [0.3, 0.4) is 0 Å². The van der Waals surface area contributed by atoms with Crippen LogP contribution in [0.2, 0.25) is 0 Å². The van der Waals surface area contributed by atoms with E-state index in [1.807, 2.05) is 55.5 Å². The molecule has 0 unspecified atom stereocenters. The van der Waals surface area contributed by atoms with Crippen LogP contribution in [0.1, 0.15) is 16.7 Å². The van der Waals surface area contributed by atoms with Crippen molar-refractivity contribution < 1.29 is 9.53 Å². The normalized spacial score (nSPS) is 10.3. The number of hydrogen-bond donors (Lipinski definition) is 1. The predicted molar refractivity (Wildman–Crippen MR) is 98.8 cm³/mol. The molecular formula is C21H20N2O2. The van der Waals surface area contributed by atoms with Crippen molar-refractivity contribution in [2.45, 2.75) is 13.3 Å². The summed E-state index contributed by atoms with van der Waals surface area (Å²) in [6.07, 6.45) is 2.48. The zero-order valence-electron chi connectivity index (χ0n) is 14.1. The topological polar surface area (TPSA) is 51.2 Å². The number of ether oxygens (including phenoxy) is 1. The van der Waals surface area contributed by atoms with Gasteiger partial charge in [0.05, 0.1) is 0 Å². The van der Waals surface area contributed by atoms with Crippen LogP contribution in [0.15, 0.2) is 72.9 Å². The van der Waals surface area contributed by atoms with Crippen LogP contribution in [0.25, 0.3) is 0 Å². The molecule has 0 aliphatic rings. The predicted octanol–water partition coefficient (Wildman–Crippen LogP) is 4.00. The van der Waals surface area contributed by atoms with Crippen molar-refractivity contribution in [2.24, 2.45) is 0 Å². The van der Waals surface area contributed by atoms with Gasteiger partial charge in [-0.3, -0.25) is 4.79 Å². The van der Waals surface area contributed by atoms with Crippen molar-refractivity contribution in [1.82, 2.24) is 4.98 Å². The lowest BCUT2D eigenvalue weighted by molar-refractivity contribution is -0.118. The van der Waals surface area contributed by atoms with Crippen LogP contribution in [-0.2, 0) is 11.2 Å². The number of carbonyl (C=O) groups is 1. The summed E-state index contributed by atoms with van der Waals surface area (Å²) in [6, 6.07) is 21.6. The molecule has 3 rings (SSSR count). The van der Waals surface area contributed by atoms with E-state index in [-0.39, 0.29) is 12.5 Å². The number of hydrogen-bond acceptors (Lipinski definition) is 3. The molecule has 0 saturated heterocycles. The van der Waals surface area contributed by atoms with Gasteiger partial charge in [-0.15, -0.1) is 0 Å². The summed E-state index contributed by atoms with van der Waals surface area (Å²) in [6.45, 7) is 1.90. The van der Waals surface area contributed by atoms with Crippen LogP contribution < -0.4 is 10.1 Å². The van der Waals surface area contributed by atoms with Crippen molar-refractivity contribution in [2.75, 3.05) is 11.9 Å². The van der Waals surface area contributed by atoms with Gasteiger partial charge in [-0.25, -0.2) is 4.98 Å². The number of carbonyl (C=O) groups excluding carboxylic acids is 1. The molecule has 1 N–H and O–H groups in total. The van der Waals surface area contributed by atoms with Crippen LogP contribution in [0.4, 0.5) is 5.82 Å². The first-order valence-corrected chi connectivity index (χ1v) is 8.18. The molecule has 0 aliphatic carbocycles. The Morgan fingerprint density at radius 1 is 1.00 bits per heavy atom. The number of para-hydroxylation sites is 1. The first kappa shape index (κ1) is 16.7. The fraction of sp³-hybridized carbons (Fsp3) is 0.143. The number of nitrogens with one attached hydrogen (secondary N) is 1. The standard InChI is InChI=1S/C21H20N2O2/c1-16-11-12-20(22-14-16)23-21(24)15-25-19-10-6-5-9-18(19)13-17-7-3-2-4-8-17/h2-12,14H,13,15H2,1H3,(H,22,23,24). The van der Waals surface area contributed by atoms with E-state index in [0.29, 0.717) is 5.82 Å². The molecule has 0 spiro atoms. The zero-order valence-corrected chi connectivity index (χ0v) is 14.1. The van der Waals surface area contributed by atoms with Gasteiger partial charge in [-0.05, 0) is 35.7 Å². The van der Waals surface area contributed by atoms with Gasteiger partial charge in [-0.1, -0.05) is 54.6 Å². The number of nitrogens with zero attached hydrogens (tertiary/aromatic N) is 1. The molecule has 3 aromatic rings. The van der Waals surface area contributed by atoms with Crippen LogP contribution in [0, 0.1) is 6.92 Å². The van der Waals surface area contributed by atoms with E-state index in [4.69, 9.17) is 4.74 Å². The fourth-order valence-corrected chi connectivity index (χ4v) is 2.47. The largest absolute Gasteiger partial charge is 0.483 e. The maximum atomic E-state index is 12.1. The van der Waals surface area contributed by atoms with Crippen molar-refractivity contribution >= 4 is 11.7 Å². The third-order valence-corrected chi connectivity index (χ3v) is 3.75. The quantitative estimate of drug-likeness (QED) is 0.742. The number of pyridine rings is 1. The van der Waals surface area contributed by atoms with E-state index >= 15 is 0 Å². The molecule has 0 fully saturated rings. The van der Waals surface area contributed by atoms with E-state index in [1.54, 1.807) is 12.3 Å². The number of aromatic nitrogens is 1. The molecule has 1 heterocycles. The lowest BCUT2D eigenvalue weighted by atomic mass is 10.0. The molecule has 0 aliphatic heterocycles. The molecule has 0 bridgehead atoms. The van der Waals surface area contributed by atoms with Crippen molar-refractivity contribution in [1.29, 1.82) is 0 Å². The molecule has 25 heavy (non-hydrogen) atoms. The van der Waals surface area contributed by atoms with Gasteiger partial charge in [0.15, 0.2) is 6.61 Å². The zero-order chi connectivity index (χ0) is 17.5. The van der Waals surface area contributed by atoms with Gasteiger partial charge >= 0.3 is 0 Å². The SMILES string of the molecule is Cc1ccc(NC(=O)COc2ccccc2Cc2ccccc2)nc1. The third-order valence-electron chi connectivity index (χ3n) is 3.75. The second-order valence-corrected chi connectivity index (χ2v) is 5.83. The van der Waals surface area contributed by atoms with Crippen LogP contribution in [0.5, 0.6) is 5.75 Å². The number of benzene rings is 2. The summed E-state index contributed by atoms with van der Waals surface area (Å²) in [5, 5.41) is 2.73. The van der Waals surface area contributed by atoms with E-state index in [1.165, 1.54) is 5.56 Å². The summed E-state index contributed by atoms with van der Waals surface area (Å²) in [4.78, 5) is 16.2. The van der Waals surface area contributed by atoms with Crippen molar-refractivity contribution in [3.05, 3.63) is 89.6 Å². The summed E-state index contributed by atoms with van der Waals surface area (Å²) < 4.78 is 5.73. The van der Waals surface area contributed by atoms with Crippen LogP contribution in [-0.4, -0.2) is 17.5 Å². The van der Waals surface area contributed by atoms with Crippen molar-refractivity contribution in [3.8, 4) is 5.75 Å². The average Bonchev–Trinajstić information content (AvgIpc) is 2.64. The second-order valence-electron chi connectivity index (χ2n) is 5.83. The second kappa shape index (κ2) is 8.11. The number of anilines is 1. The highest BCUT2D eigenvalue weighted by atomic mass is 16.5.